The number of ether oxygens (including phenoxy) is 3. The topological polar surface area (TPSA) is 78.9 Å². The van der Waals surface area contributed by atoms with E-state index in [-0.39, 0.29) is 44.0 Å². The van der Waals surface area contributed by atoms with Crippen LogP contribution in [0.4, 0.5) is 0 Å². The first-order valence-electron chi connectivity index (χ1n) is 28.7. The molecular formula is C67H102O6. The van der Waals surface area contributed by atoms with Gasteiger partial charge >= 0.3 is 17.9 Å². The number of hydrogen-bond acceptors (Lipinski definition) is 6. The number of allylic oxidation sites excluding steroid dienone is 28. The predicted molar refractivity (Wildman–Crippen MR) is 315 cm³/mol. The van der Waals surface area contributed by atoms with Crippen LogP contribution in [0.5, 0.6) is 0 Å². The Bertz CT molecular complexity index is 1720. The van der Waals surface area contributed by atoms with E-state index in [0.29, 0.717) is 12.8 Å². The van der Waals surface area contributed by atoms with Crippen LogP contribution in [-0.4, -0.2) is 37.2 Å². The van der Waals surface area contributed by atoms with E-state index >= 15 is 0 Å². The van der Waals surface area contributed by atoms with Crippen molar-refractivity contribution in [3.05, 3.63) is 170 Å². The van der Waals surface area contributed by atoms with E-state index in [4.69, 9.17) is 14.2 Å². The Morgan fingerprint density at radius 3 is 1.01 bits per heavy atom. The molecule has 0 aromatic heterocycles. The molecule has 0 aromatic carbocycles. The minimum absolute atomic E-state index is 0.132. The Balaban J connectivity index is 4.65. The van der Waals surface area contributed by atoms with Gasteiger partial charge in [-0.1, -0.05) is 255 Å². The highest BCUT2D eigenvalue weighted by Crippen LogP contribution is 2.12. The molecule has 0 amide bonds. The zero-order chi connectivity index (χ0) is 52.9. The van der Waals surface area contributed by atoms with Crippen molar-refractivity contribution in [2.45, 2.75) is 219 Å². The van der Waals surface area contributed by atoms with Gasteiger partial charge in [-0.3, -0.25) is 14.4 Å². The van der Waals surface area contributed by atoms with Gasteiger partial charge in [-0.05, 0) is 109 Å². The van der Waals surface area contributed by atoms with E-state index in [9.17, 15) is 14.4 Å². The van der Waals surface area contributed by atoms with E-state index in [1.807, 2.05) is 12.2 Å². The van der Waals surface area contributed by atoms with Crippen molar-refractivity contribution >= 4 is 17.9 Å². The fraction of sp³-hybridized carbons (Fsp3) is 0.537. The number of unbranched alkanes of at least 4 members (excludes halogenated alkanes) is 16. The van der Waals surface area contributed by atoms with Crippen molar-refractivity contribution in [3.63, 3.8) is 0 Å². The van der Waals surface area contributed by atoms with E-state index < -0.39 is 6.10 Å². The first-order valence-corrected chi connectivity index (χ1v) is 28.7. The van der Waals surface area contributed by atoms with Gasteiger partial charge in [-0.2, -0.15) is 0 Å². The van der Waals surface area contributed by atoms with Gasteiger partial charge in [0.2, 0.25) is 0 Å². The summed E-state index contributed by atoms with van der Waals surface area (Å²) in [4.78, 5) is 38.2. The summed E-state index contributed by atoms with van der Waals surface area (Å²) < 4.78 is 16.8. The molecule has 1 unspecified atom stereocenters. The lowest BCUT2D eigenvalue weighted by molar-refractivity contribution is -0.166. The molecule has 0 radical (unpaired) electrons. The molecule has 1 atom stereocenters. The van der Waals surface area contributed by atoms with Gasteiger partial charge in [0.15, 0.2) is 6.10 Å². The average Bonchev–Trinajstić information content (AvgIpc) is 3.39. The molecule has 0 aliphatic carbocycles. The van der Waals surface area contributed by atoms with Gasteiger partial charge in [0.1, 0.15) is 13.2 Å². The fourth-order valence-corrected chi connectivity index (χ4v) is 7.08. The van der Waals surface area contributed by atoms with Crippen LogP contribution in [0, 0.1) is 0 Å². The first-order chi connectivity index (χ1) is 36.0. The molecule has 0 saturated carbocycles. The highest BCUT2D eigenvalue weighted by Gasteiger charge is 2.19. The fourth-order valence-electron chi connectivity index (χ4n) is 7.08. The van der Waals surface area contributed by atoms with Crippen LogP contribution < -0.4 is 0 Å². The molecule has 0 spiro atoms. The van der Waals surface area contributed by atoms with Gasteiger partial charge in [0.05, 0.1) is 0 Å². The molecule has 0 saturated heterocycles. The summed E-state index contributed by atoms with van der Waals surface area (Å²) in [7, 11) is 0. The quantitative estimate of drug-likeness (QED) is 0.0199. The number of carbonyl (C=O) groups is 3. The molecule has 406 valence electrons. The van der Waals surface area contributed by atoms with E-state index in [2.05, 4.69) is 179 Å². The minimum Gasteiger partial charge on any atom is -0.462 e. The second-order valence-corrected chi connectivity index (χ2v) is 18.3. The lowest BCUT2D eigenvalue weighted by Gasteiger charge is -2.18. The maximum atomic E-state index is 12.9. The van der Waals surface area contributed by atoms with Crippen molar-refractivity contribution in [1.29, 1.82) is 0 Å². The summed E-state index contributed by atoms with van der Waals surface area (Å²) in [5.41, 5.74) is 0. The molecule has 0 aromatic rings. The van der Waals surface area contributed by atoms with Gasteiger partial charge in [-0.25, -0.2) is 0 Å². The normalized spacial score (nSPS) is 13.4. The van der Waals surface area contributed by atoms with Crippen LogP contribution in [-0.2, 0) is 28.6 Å². The SMILES string of the molecule is CC/C=C\C/C=C\C/C=C\C/C=C\C/C=C\C/C=C\CCC(=O)OCC(COC(=O)CCCCCCC\C=C/C=C\C=C/C=C\CCCCC)OC(=O)CCCCCCC\C=C/C=C\C=C/C=C\CCCCC. The molecule has 73 heavy (non-hydrogen) atoms. The molecule has 0 fully saturated rings. The van der Waals surface area contributed by atoms with Crippen molar-refractivity contribution in [3.8, 4) is 0 Å². The molecule has 6 heteroatoms. The summed E-state index contributed by atoms with van der Waals surface area (Å²) in [6.45, 7) is 6.32. The average molecular weight is 1000 g/mol. The number of carbonyl (C=O) groups excluding carboxylic acids is 3. The van der Waals surface area contributed by atoms with Gasteiger partial charge < -0.3 is 14.2 Å². The third kappa shape index (κ3) is 57.5. The van der Waals surface area contributed by atoms with Gasteiger partial charge in [0, 0.05) is 19.3 Å². The van der Waals surface area contributed by atoms with Crippen LogP contribution in [0.15, 0.2) is 170 Å². The molecule has 0 N–H and O–H groups in total. The maximum Gasteiger partial charge on any atom is 0.306 e. The highest BCUT2D eigenvalue weighted by atomic mass is 16.6. The second kappa shape index (κ2) is 59.3. The second-order valence-electron chi connectivity index (χ2n) is 18.3. The monoisotopic (exact) mass is 1000 g/mol. The predicted octanol–water partition coefficient (Wildman–Crippen LogP) is 19.5. The third-order valence-corrected chi connectivity index (χ3v) is 11.4. The largest absolute Gasteiger partial charge is 0.462 e. The summed E-state index contributed by atoms with van der Waals surface area (Å²) >= 11 is 0. The van der Waals surface area contributed by atoms with Crippen LogP contribution in [0.25, 0.3) is 0 Å². The summed E-state index contributed by atoms with van der Waals surface area (Å²) in [6, 6.07) is 0. The Morgan fingerprint density at radius 2 is 0.616 bits per heavy atom. The van der Waals surface area contributed by atoms with E-state index in [1.54, 1.807) is 0 Å². The first kappa shape index (κ1) is 67.8. The third-order valence-electron chi connectivity index (χ3n) is 11.4. The zero-order valence-electron chi connectivity index (χ0n) is 46.3. The molecule has 0 aliphatic rings. The Hall–Kier alpha value is -5.23. The van der Waals surface area contributed by atoms with Crippen molar-refractivity contribution in [1.82, 2.24) is 0 Å². The molecule has 0 heterocycles. The smallest absolute Gasteiger partial charge is 0.306 e. The van der Waals surface area contributed by atoms with Crippen LogP contribution in [0.2, 0.25) is 0 Å². The molecule has 0 rings (SSSR count). The summed E-state index contributed by atoms with van der Waals surface area (Å²) in [5.74, 6) is -1.07. The molecular weight excluding hydrogens is 901 g/mol. The van der Waals surface area contributed by atoms with Gasteiger partial charge in [-0.15, -0.1) is 0 Å². The molecule has 0 bridgehead atoms. The van der Waals surface area contributed by atoms with Crippen LogP contribution >= 0.6 is 0 Å². The number of hydrogen-bond donors (Lipinski definition) is 0. The Kier molecular flexibility index (Phi) is 55.1. The van der Waals surface area contributed by atoms with Crippen molar-refractivity contribution in [2.24, 2.45) is 0 Å². The minimum atomic E-state index is -0.842. The maximum absolute atomic E-state index is 12.9. The lowest BCUT2D eigenvalue weighted by atomic mass is 10.1. The highest BCUT2D eigenvalue weighted by molar-refractivity contribution is 5.71. The zero-order valence-corrected chi connectivity index (χ0v) is 46.3. The molecule has 6 nitrogen and oxygen atoms in total. The number of rotatable bonds is 49. The summed E-state index contributed by atoms with van der Waals surface area (Å²) in [6.07, 6.45) is 87.7. The Morgan fingerprint density at radius 1 is 0.301 bits per heavy atom. The van der Waals surface area contributed by atoms with Crippen molar-refractivity contribution in [2.75, 3.05) is 13.2 Å². The lowest BCUT2D eigenvalue weighted by Crippen LogP contribution is -2.30. The van der Waals surface area contributed by atoms with E-state index in [1.165, 1.54) is 38.5 Å². The number of esters is 3. The summed E-state index contributed by atoms with van der Waals surface area (Å²) in [5, 5.41) is 0. The van der Waals surface area contributed by atoms with Gasteiger partial charge in [0.25, 0.3) is 0 Å². The van der Waals surface area contributed by atoms with Crippen molar-refractivity contribution < 1.29 is 28.6 Å². The standard InChI is InChI=1S/C67H102O6/c1-4-7-10-13-16-19-22-25-28-31-34-37-39-42-45-48-51-54-57-60-66(69)72-63-64(73-67(70)61-58-55-52-49-46-43-40-36-33-30-27-24-21-18-15-12-9-6-3)62-71-65(68)59-56-53-50-47-44-41-38-35-32-29-26-23-20-17-14-11-8-5-2/h7,10,16-21,23-30,32-38,40,42,45,51,54,64H,4-6,8-9,11-15,22,31,39,41,43-44,46-50,52-53,55-63H2,1-3H3/b10-7-,19-16-,20-17-,21-18-,26-23-,27-24-,28-25-,32-29-,33-30-,37-34-,38-35-,40-36-,45-42-,54-51-. The Labute approximate surface area is 447 Å². The molecule has 0 aliphatic heterocycles. The van der Waals surface area contributed by atoms with E-state index in [0.717, 1.165) is 128 Å². The van der Waals surface area contributed by atoms with Crippen LogP contribution in [0.1, 0.15) is 213 Å². The van der Waals surface area contributed by atoms with Crippen LogP contribution in [0.3, 0.4) is 0 Å².